The van der Waals surface area contributed by atoms with Gasteiger partial charge in [-0.2, -0.15) is 0 Å². The molecule has 1 aliphatic rings. The molecule has 0 radical (unpaired) electrons. The molecule has 0 aromatic heterocycles. The summed E-state index contributed by atoms with van der Waals surface area (Å²) >= 11 is 0. The lowest BCUT2D eigenvalue weighted by atomic mass is 9.89. The molecule has 0 bridgehead atoms. The van der Waals surface area contributed by atoms with Crippen LogP contribution in [0.25, 0.3) is 0 Å². The predicted octanol–water partition coefficient (Wildman–Crippen LogP) is 2.20. The minimum Gasteiger partial charge on any atom is -0.469 e. The number of esters is 3. The molecule has 0 aliphatic heterocycles. The fourth-order valence-electron chi connectivity index (χ4n) is 3.44. The van der Waals surface area contributed by atoms with Crippen LogP contribution < -0.4 is 0 Å². The maximum Gasteiger partial charge on any atom is 0.305 e. The van der Waals surface area contributed by atoms with E-state index in [0.717, 1.165) is 32.0 Å². The van der Waals surface area contributed by atoms with Crippen LogP contribution in [0.4, 0.5) is 0 Å². The summed E-state index contributed by atoms with van der Waals surface area (Å²) in [6, 6.07) is 0. The van der Waals surface area contributed by atoms with Gasteiger partial charge in [-0.05, 0) is 12.8 Å². The van der Waals surface area contributed by atoms with E-state index in [9.17, 15) is 19.2 Å². The van der Waals surface area contributed by atoms with E-state index in [0.29, 0.717) is 19.3 Å². The van der Waals surface area contributed by atoms with Crippen molar-refractivity contribution in [1.82, 2.24) is 0 Å². The van der Waals surface area contributed by atoms with Gasteiger partial charge in [0.2, 0.25) is 0 Å². The lowest BCUT2D eigenvalue weighted by Crippen LogP contribution is -2.27. The van der Waals surface area contributed by atoms with Crippen molar-refractivity contribution < 1.29 is 33.4 Å². The Kier molecular flexibility index (Phi) is 9.16. The standard InChI is InChI=1S/C18H28O7/c1-12(20)24-16-10-17(25-13(2)21)15(11-19)14(16)8-6-4-5-7-9-18(22)23-3/h11,14-17H,4-10H2,1-3H3/t14-,15+,16+,17-/m1/s1. The maximum atomic E-state index is 11.5. The molecule has 0 aromatic carbocycles. The van der Waals surface area contributed by atoms with Gasteiger partial charge in [0.25, 0.3) is 0 Å². The van der Waals surface area contributed by atoms with Crippen molar-refractivity contribution in [1.29, 1.82) is 0 Å². The van der Waals surface area contributed by atoms with Crippen LogP contribution >= 0.6 is 0 Å². The first-order valence-corrected chi connectivity index (χ1v) is 8.75. The van der Waals surface area contributed by atoms with E-state index in [2.05, 4.69) is 4.74 Å². The molecular weight excluding hydrogens is 328 g/mol. The molecule has 1 rings (SSSR count). The molecule has 0 amide bonds. The summed E-state index contributed by atoms with van der Waals surface area (Å²) in [5.41, 5.74) is 0. The number of unbranched alkanes of at least 4 members (excludes halogenated alkanes) is 3. The van der Waals surface area contributed by atoms with Crippen LogP contribution in [0.3, 0.4) is 0 Å². The molecule has 25 heavy (non-hydrogen) atoms. The number of carbonyl (C=O) groups is 4. The van der Waals surface area contributed by atoms with Crippen LogP contribution in [0.1, 0.15) is 58.8 Å². The van der Waals surface area contributed by atoms with Crippen LogP contribution in [0.15, 0.2) is 0 Å². The average Bonchev–Trinajstić information content (AvgIpc) is 2.85. The third-order valence-corrected chi connectivity index (χ3v) is 4.55. The second-order valence-corrected chi connectivity index (χ2v) is 6.44. The number of methoxy groups -OCH3 is 1. The highest BCUT2D eigenvalue weighted by Crippen LogP contribution is 2.38. The monoisotopic (exact) mass is 356 g/mol. The van der Waals surface area contributed by atoms with Gasteiger partial charge in [-0.15, -0.1) is 0 Å². The van der Waals surface area contributed by atoms with Gasteiger partial charge < -0.3 is 19.0 Å². The molecule has 4 atom stereocenters. The van der Waals surface area contributed by atoms with Gasteiger partial charge >= 0.3 is 17.9 Å². The van der Waals surface area contributed by atoms with Crippen molar-refractivity contribution in [3.63, 3.8) is 0 Å². The Labute approximate surface area is 148 Å². The molecule has 1 saturated carbocycles. The highest BCUT2D eigenvalue weighted by Gasteiger charge is 2.46. The number of ether oxygens (including phenoxy) is 3. The maximum absolute atomic E-state index is 11.5. The average molecular weight is 356 g/mol. The Balaban J connectivity index is 2.52. The summed E-state index contributed by atoms with van der Waals surface area (Å²) in [5.74, 6) is -1.66. The Morgan fingerprint density at radius 3 is 2.12 bits per heavy atom. The summed E-state index contributed by atoms with van der Waals surface area (Å²) < 4.78 is 15.2. The van der Waals surface area contributed by atoms with E-state index in [4.69, 9.17) is 9.47 Å². The first-order chi connectivity index (χ1) is 11.9. The smallest absolute Gasteiger partial charge is 0.305 e. The van der Waals surface area contributed by atoms with Crippen molar-refractivity contribution >= 4 is 24.2 Å². The van der Waals surface area contributed by atoms with Gasteiger partial charge in [0, 0.05) is 32.6 Å². The molecule has 1 aliphatic carbocycles. The topological polar surface area (TPSA) is 96.0 Å². The zero-order chi connectivity index (χ0) is 18.8. The lowest BCUT2D eigenvalue weighted by molar-refractivity contribution is -0.149. The Bertz CT molecular complexity index is 474. The second kappa shape index (κ2) is 10.8. The van der Waals surface area contributed by atoms with E-state index in [1.807, 2.05) is 0 Å². The molecule has 7 nitrogen and oxygen atoms in total. The van der Waals surface area contributed by atoms with Crippen LogP contribution in [-0.2, 0) is 33.4 Å². The molecule has 0 N–H and O–H groups in total. The number of aldehydes is 1. The zero-order valence-corrected chi connectivity index (χ0v) is 15.2. The summed E-state index contributed by atoms with van der Waals surface area (Å²) in [6.45, 7) is 2.64. The van der Waals surface area contributed by atoms with Crippen LogP contribution in [0, 0.1) is 11.8 Å². The molecule has 0 aromatic rings. The van der Waals surface area contributed by atoms with Crippen LogP contribution in [-0.4, -0.2) is 43.5 Å². The van der Waals surface area contributed by atoms with E-state index >= 15 is 0 Å². The summed E-state index contributed by atoms with van der Waals surface area (Å²) in [6.07, 6.45) is 4.73. The summed E-state index contributed by atoms with van der Waals surface area (Å²) in [7, 11) is 1.37. The normalized spacial score (nSPS) is 25.2. The van der Waals surface area contributed by atoms with E-state index < -0.39 is 30.1 Å². The van der Waals surface area contributed by atoms with E-state index in [-0.39, 0.29) is 11.9 Å². The lowest BCUT2D eigenvalue weighted by Gasteiger charge is -2.22. The molecule has 0 heterocycles. The number of hydrogen-bond acceptors (Lipinski definition) is 7. The SMILES string of the molecule is COC(=O)CCCCCC[C@@H]1[C@H](C=O)[C@H](OC(C)=O)C[C@@H]1OC(C)=O. The third kappa shape index (κ3) is 7.23. The minimum absolute atomic E-state index is 0.147. The molecular formula is C18H28O7. The Morgan fingerprint density at radius 2 is 1.56 bits per heavy atom. The molecule has 1 fully saturated rings. The van der Waals surface area contributed by atoms with Crippen molar-refractivity contribution in [2.24, 2.45) is 11.8 Å². The fourth-order valence-corrected chi connectivity index (χ4v) is 3.44. The van der Waals surface area contributed by atoms with Gasteiger partial charge in [-0.25, -0.2) is 0 Å². The molecule has 0 unspecified atom stereocenters. The number of hydrogen-bond donors (Lipinski definition) is 0. The highest BCUT2D eigenvalue weighted by molar-refractivity contribution is 5.69. The van der Waals surface area contributed by atoms with Gasteiger partial charge in [0.05, 0.1) is 13.0 Å². The number of carbonyl (C=O) groups excluding carboxylic acids is 4. The summed E-state index contributed by atoms with van der Waals surface area (Å²) in [5, 5.41) is 0. The van der Waals surface area contributed by atoms with Gasteiger partial charge in [-0.1, -0.05) is 19.3 Å². The van der Waals surface area contributed by atoms with Gasteiger partial charge in [0.15, 0.2) is 0 Å². The van der Waals surface area contributed by atoms with Crippen LogP contribution in [0.5, 0.6) is 0 Å². The molecule has 0 saturated heterocycles. The Morgan fingerprint density at radius 1 is 0.960 bits per heavy atom. The molecule has 142 valence electrons. The minimum atomic E-state index is -0.538. The first kappa shape index (κ1) is 21.1. The highest BCUT2D eigenvalue weighted by atomic mass is 16.6. The summed E-state index contributed by atoms with van der Waals surface area (Å²) in [4.78, 5) is 45.1. The van der Waals surface area contributed by atoms with Gasteiger partial charge in [-0.3, -0.25) is 14.4 Å². The number of rotatable bonds is 10. The van der Waals surface area contributed by atoms with Crippen molar-refractivity contribution in [2.45, 2.75) is 71.0 Å². The third-order valence-electron chi connectivity index (χ3n) is 4.55. The Hall–Kier alpha value is -1.92. The van der Waals surface area contributed by atoms with Crippen molar-refractivity contribution in [2.75, 3.05) is 7.11 Å². The second-order valence-electron chi connectivity index (χ2n) is 6.44. The largest absolute Gasteiger partial charge is 0.469 e. The van der Waals surface area contributed by atoms with Crippen molar-refractivity contribution in [3.8, 4) is 0 Å². The zero-order valence-electron chi connectivity index (χ0n) is 15.2. The quantitative estimate of drug-likeness (QED) is 0.256. The van der Waals surface area contributed by atoms with E-state index in [1.54, 1.807) is 0 Å². The first-order valence-electron chi connectivity index (χ1n) is 8.75. The van der Waals surface area contributed by atoms with Gasteiger partial charge in [0.1, 0.15) is 18.5 Å². The molecule has 7 heteroatoms. The molecule has 0 spiro atoms. The van der Waals surface area contributed by atoms with Crippen LogP contribution in [0.2, 0.25) is 0 Å². The predicted molar refractivity (Wildman–Crippen MR) is 88.5 cm³/mol. The van der Waals surface area contributed by atoms with Crippen molar-refractivity contribution in [3.05, 3.63) is 0 Å². The van der Waals surface area contributed by atoms with E-state index in [1.165, 1.54) is 21.0 Å². The fraction of sp³-hybridized carbons (Fsp3) is 0.778.